The quantitative estimate of drug-likeness (QED) is 0.520. The van der Waals surface area contributed by atoms with Gasteiger partial charge >= 0.3 is 0 Å². The number of nitrogens with one attached hydrogen (secondary N) is 1. The molecule has 1 atom stereocenters. The smallest absolute Gasteiger partial charge is 0.278 e. The van der Waals surface area contributed by atoms with Gasteiger partial charge in [0, 0.05) is 24.7 Å². The average molecular weight is 426 g/mol. The molecule has 0 saturated carbocycles. The lowest BCUT2D eigenvalue weighted by Gasteiger charge is -2.37. The van der Waals surface area contributed by atoms with Crippen molar-refractivity contribution in [2.75, 3.05) is 39.3 Å². The van der Waals surface area contributed by atoms with E-state index in [4.69, 9.17) is 0 Å². The summed E-state index contributed by atoms with van der Waals surface area (Å²) >= 11 is 0. The Morgan fingerprint density at radius 1 is 1.17 bits per heavy atom. The minimum Gasteiger partial charge on any atom is -0.335 e. The highest BCUT2D eigenvalue weighted by atomic mass is 32.2. The van der Waals surface area contributed by atoms with E-state index in [0.29, 0.717) is 38.8 Å². The number of amides is 1. The van der Waals surface area contributed by atoms with E-state index in [1.807, 2.05) is 4.90 Å². The van der Waals surface area contributed by atoms with Crippen molar-refractivity contribution in [3.05, 3.63) is 34.4 Å². The number of nitro groups is 1. The Hall–Kier alpha value is -2.04. The van der Waals surface area contributed by atoms with Crippen LogP contribution in [-0.2, 0) is 14.8 Å². The van der Waals surface area contributed by atoms with Gasteiger partial charge in [-0.15, -0.1) is 0 Å². The SMILES string of the molecule is CC[C@@H]1CCCCN1C(=O)C[NH+]1CCN(S(=O)(=O)c2ccc([N+](=O)[O-])cc2)CC1. The van der Waals surface area contributed by atoms with Gasteiger partial charge in [0.15, 0.2) is 6.54 Å². The van der Waals surface area contributed by atoms with E-state index >= 15 is 0 Å². The maximum absolute atomic E-state index is 12.8. The number of nitro benzene ring substituents is 1. The predicted octanol–water partition coefficient (Wildman–Crippen LogP) is 0.275. The largest absolute Gasteiger partial charge is 0.335 e. The number of piperazine rings is 1. The second-order valence-corrected chi connectivity index (χ2v) is 9.66. The Morgan fingerprint density at radius 2 is 1.83 bits per heavy atom. The number of carbonyl (C=O) groups excluding carboxylic acids is 1. The predicted molar refractivity (Wildman–Crippen MR) is 107 cm³/mol. The van der Waals surface area contributed by atoms with Gasteiger partial charge in [-0.3, -0.25) is 14.9 Å². The van der Waals surface area contributed by atoms with Crippen molar-refractivity contribution in [3.63, 3.8) is 0 Å². The van der Waals surface area contributed by atoms with Crippen molar-refractivity contribution in [2.45, 2.75) is 43.5 Å². The van der Waals surface area contributed by atoms with Gasteiger partial charge in [-0.25, -0.2) is 8.42 Å². The lowest BCUT2D eigenvalue weighted by Crippen LogP contribution is -3.15. The number of rotatable bonds is 6. The molecule has 1 aromatic carbocycles. The third-order valence-electron chi connectivity index (χ3n) is 5.93. The van der Waals surface area contributed by atoms with Gasteiger partial charge in [0.05, 0.1) is 36.0 Å². The fourth-order valence-corrected chi connectivity index (χ4v) is 5.62. The van der Waals surface area contributed by atoms with E-state index in [-0.39, 0.29) is 16.5 Å². The average Bonchev–Trinajstić information content (AvgIpc) is 2.74. The molecule has 0 unspecified atom stereocenters. The lowest BCUT2D eigenvalue weighted by atomic mass is 10.00. The molecular formula is C19H29N4O5S+. The van der Waals surface area contributed by atoms with Crippen LogP contribution in [0.5, 0.6) is 0 Å². The van der Waals surface area contributed by atoms with E-state index in [9.17, 15) is 23.3 Å². The summed E-state index contributed by atoms with van der Waals surface area (Å²) in [6, 6.07) is 5.29. The molecule has 1 amide bonds. The van der Waals surface area contributed by atoms with Gasteiger partial charge < -0.3 is 9.80 Å². The fourth-order valence-electron chi connectivity index (χ4n) is 4.18. The molecule has 1 aromatic rings. The number of likely N-dealkylation sites (tertiary alicyclic amines) is 1. The van der Waals surface area contributed by atoms with Gasteiger partial charge in [0.25, 0.3) is 11.6 Å². The van der Waals surface area contributed by atoms with Crippen LogP contribution in [0.15, 0.2) is 29.2 Å². The highest BCUT2D eigenvalue weighted by Gasteiger charge is 2.33. The standard InChI is InChI=1S/C19H28N4O5S/c1-2-16-5-3-4-10-22(16)19(24)15-20-11-13-21(14-12-20)29(27,28)18-8-6-17(7-9-18)23(25)26/h6-9,16H,2-5,10-15H2,1H3/p+1/t16-/m1/s1. The first-order chi connectivity index (χ1) is 13.8. The molecule has 2 heterocycles. The summed E-state index contributed by atoms with van der Waals surface area (Å²) in [5, 5.41) is 10.8. The maximum atomic E-state index is 12.8. The summed E-state index contributed by atoms with van der Waals surface area (Å²) in [6.45, 7) is 5.15. The topological polar surface area (TPSA) is 105 Å². The molecule has 160 valence electrons. The zero-order valence-electron chi connectivity index (χ0n) is 16.7. The molecule has 2 fully saturated rings. The molecule has 3 rings (SSSR count). The molecular weight excluding hydrogens is 396 g/mol. The first-order valence-corrected chi connectivity index (χ1v) is 11.6. The normalized spacial score (nSPS) is 21.8. The van der Waals surface area contributed by atoms with Crippen molar-refractivity contribution >= 4 is 21.6 Å². The molecule has 2 aliphatic heterocycles. The van der Waals surface area contributed by atoms with Crippen LogP contribution in [0.1, 0.15) is 32.6 Å². The van der Waals surface area contributed by atoms with Crippen LogP contribution in [0.2, 0.25) is 0 Å². The molecule has 9 nitrogen and oxygen atoms in total. The second-order valence-electron chi connectivity index (χ2n) is 7.73. The van der Waals surface area contributed by atoms with Crippen molar-refractivity contribution in [3.8, 4) is 0 Å². The summed E-state index contributed by atoms with van der Waals surface area (Å²) < 4.78 is 27.0. The monoisotopic (exact) mass is 425 g/mol. The zero-order chi connectivity index (χ0) is 21.0. The Morgan fingerprint density at radius 3 is 2.41 bits per heavy atom. The fraction of sp³-hybridized carbons (Fsp3) is 0.632. The highest BCUT2D eigenvalue weighted by Crippen LogP contribution is 2.20. The maximum Gasteiger partial charge on any atom is 0.278 e. The van der Waals surface area contributed by atoms with Crippen LogP contribution >= 0.6 is 0 Å². The molecule has 2 aliphatic rings. The van der Waals surface area contributed by atoms with E-state index in [0.717, 1.165) is 30.7 Å². The molecule has 10 heteroatoms. The van der Waals surface area contributed by atoms with Crippen molar-refractivity contribution in [1.82, 2.24) is 9.21 Å². The lowest BCUT2D eigenvalue weighted by molar-refractivity contribution is -0.896. The van der Waals surface area contributed by atoms with E-state index in [1.165, 1.54) is 35.0 Å². The molecule has 0 aromatic heterocycles. The minimum atomic E-state index is -3.69. The minimum absolute atomic E-state index is 0.0572. The van der Waals surface area contributed by atoms with Crippen molar-refractivity contribution in [1.29, 1.82) is 0 Å². The van der Waals surface area contributed by atoms with Gasteiger partial charge in [-0.2, -0.15) is 4.31 Å². The van der Waals surface area contributed by atoms with Crippen LogP contribution in [-0.4, -0.2) is 73.8 Å². The molecule has 0 spiro atoms. The Labute approximate surface area is 171 Å². The number of hydrogen-bond acceptors (Lipinski definition) is 5. The second kappa shape index (κ2) is 9.19. The molecule has 0 aliphatic carbocycles. The summed E-state index contributed by atoms with van der Waals surface area (Å²) in [6.07, 6.45) is 4.27. The molecule has 1 N–H and O–H groups in total. The summed E-state index contributed by atoms with van der Waals surface area (Å²) in [7, 11) is -3.69. The zero-order valence-corrected chi connectivity index (χ0v) is 17.6. The molecule has 0 bridgehead atoms. The van der Waals surface area contributed by atoms with E-state index in [1.54, 1.807) is 0 Å². The van der Waals surface area contributed by atoms with Crippen LogP contribution in [0.4, 0.5) is 5.69 Å². The number of carbonyl (C=O) groups is 1. The Balaban J connectivity index is 1.56. The number of non-ortho nitro benzene ring substituents is 1. The van der Waals surface area contributed by atoms with Crippen LogP contribution in [0.25, 0.3) is 0 Å². The first-order valence-electron chi connectivity index (χ1n) is 10.2. The van der Waals surface area contributed by atoms with Gasteiger partial charge in [-0.05, 0) is 37.8 Å². The number of benzene rings is 1. The molecule has 29 heavy (non-hydrogen) atoms. The van der Waals surface area contributed by atoms with Crippen LogP contribution in [0, 0.1) is 10.1 Å². The van der Waals surface area contributed by atoms with Crippen molar-refractivity contribution in [2.24, 2.45) is 0 Å². The molecule has 2 saturated heterocycles. The van der Waals surface area contributed by atoms with Crippen molar-refractivity contribution < 1.29 is 23.0 Å². The number of hydrogen-bond donors (Lipinski definition) is 1. The van der Waals surface area contributed by atoms with Gasteiger partial charge in [0.1, 0.15) is 0 Å². The number of piperidine rings is 1. The Bertz CT molecular complexity index is 835. The highest BCUT2D eigenvalue weighted by molar-refractivity contribution is 7.89. The third-order valence-corrected chi connectivity index (χ3v) is 7.85. The molecule has 0 radical (unpaired) electrons. The van der Waals surface area contributed by atoms with E-state index < -0.39 is 14.9 Å². The summed E-state index contributed by atoms with van der Waals surface area (Å²) in [5.74, 6) is 0.165. The third kappa shape index (κ3) is 4.93. The summed E-state index contributed by atoms with van der Waals surface area (Å²) in [5.41, 5.74) is -0.139. The number of quaternary nitrogens is 1. The Kier molecular flexibility index (Phi) is 6.86. The van der Waals surface area contributed by atoms with Gasteiger partial charge in [-0.1, -0.05) is 6.92 Å². The summed E-state index contributed by atoms with van der Waals surface area (Å²) in [4.78, 5) is 26.1. The number of nitrogens with zero attached hydrogens (tertiary/aromatic N) is 3. The van der Waals surface area contributed by atoms with E-state index in [2.05, 4.69) is 6.92 Å². The van der Waals surface area contributed by atoms with Crippen LogP contribution in [0.3, 0.4) is 0 Å². The van der Waals surface area contributed by atoms with Gasteiger partial charge in [0.2, 0.25) is 10.0 Å². The number of sulfonamides is 1. The first kappa shape index (κ1) is 21.7. The van der Waals surface area contributed by atoms with Crippen LogP contribution < -0.4 is 4.90 Å².